The summed E-state index contributed by atoms with van der Waals surface area (Å²) in [7, 11) is 0. The molecule has 0 spiro atoms. The van der Waals surface area contributed by atoms with Crippen molar-refractivity contribution in [2.24, 2.45) is 23.0 Å². The van der Waals surface area contributed by atoms with Gasteiger partial charge in [0.05, 0.1) is 5.41 Å². The molecule has 2 unspecified atom stereocenters. The fourth-order valence-electron chi connectivity index (χ4n) is 3.75. The van der Waals surface area contributed by atoms with Gasteiger partial charge in [-0.1, -0.05) is 32.6 Å². The van der Waals surface area contributed by atoms with Gasteiger partial charge >= 0.3 is 0 Å². The molecule has 0 aromatic carbocycles. The van der Waals surface area contributed by atoms with Gasteiger partial charge in [0.15, 0.2) is 0 Å². The van der Waals surface area contributed by atoms with Crippen LogP contribution in [-0.2, 0) is 4.79 Å². The zero-order valence-electron chi connectivity index (χ0n) is 11.7. The minimum atomic E-state index is -0.236. The summed E-state index contributed by atoms with van der Waals surface area (Å²) in [4.78, 5) is 12.3. The molecular weight excluding hydrogens is 224 g/mol. The summed E-state index contributed by atoms with van der Waals surface area (Å²) in [5.74, 6) is 1.74. The van der Waals surface area contributed by atoms with E-state index >= 15 is 0 Å². The third kappa shape index (κ3) is 3.05. The first-order valence-electron chi connectivity index (χ1n) is 7.65. The first-order chi connectivity index (χ1) is 8.66. The summed E-state index contributed by atoms with van der Waals surface area (Å²) < 4.78 is 0. The smallest absolute Gasteiger partial charge is 0.227 e. The molecule has 2 saturated carbocycles. The fraction of sp³-hybridized carbons (Fsp3) is 0.933. The summed E-state index contributed by atoms with van der Waals surface area (Å²) in [5.41, 5.74) is 5.60. The van der Waals surface area contributed by atoms with E-state index in [0.29, 0.717) is 12.5 Å². The van der Waals surface area contributed by atoms with E-state index in [1.165, 1.54) is 25.7 Å². The number of hydrogen-bond donors (Lipinski definition) is 2. The Morgan fingerprint density at radius 2 is 2.00 bits per heavy atom. The second kappa shape index (κ2) is 6.05. The topological polar surface area (TPSA) is 55.1 Å². The maximum Gasteiger partial charge on any atom is 0.227 e. The van der Waals surface area contributed by atoms with E-state index in [1.54, 1.807) is 0 Å². The van der Waals surface area contributed by atoms with Crippen LogP contribution >= 0.6 is 0 Å². The highest BCUT2D eigenvalue weighted by molar-refractivity contribution is 5.83. The third-order valence-electron chi connectivity index (χ3n) is 5.03. The summed E-state index contributed by atoms with van der Waals surface area (Å²) in [5, 5.41) is 3.19. The highest BCUT2D eigenvalue weighted by Crippen LogP contribution is 2.37. The van der Waals surface area contributed by atoms with Crippen LogP contribution in [0.25, 0.3) is 0 Å². The normalized spacial score (nSPS) is 31.2. The Kier molecular flexibility index (Phi) is 4.66. The molecule has 0 bridgehead atoms. The Labute approximate surface area is 111 Å². The van der Waals surface area contributed by atoms with Gasteiger partial charge < -0.3 is 11.1 Å². The monoisotopic (exact) mass is 252 g/mol. The van der Waals surface area contributed by atoms with Crippen LogP contribution in [0.15, 0.2) is 0 Å². The number of carbonyl (C=O) groups excluding carboxylic acids is 1. The minimum absolute atomic E-state index is 0.223. The van der Waals surface area contributed by atoms with Crippen LogP contribution in [0.2, 0.25) is 0 Å². The molecule has 2 aliphatic rings. The van der Waals surface area contributed by atoms with Gasteiger partial charge in [-0.15, -0.1) is 0 Å². The fourth-order valence-corrected chi connectivity index (χ4v) is 3.75. The molecule has 0 aromatic heterocycles. The van der Waals surface area contributed by atoms with Crippen molar-refractivity contribution in [2.45, 2.75) is 58.3 Å². The first-order valence-corrected chi connectivity index (χ1v) is 7.65. The van der Waals surface area contributed by atoms with E-state index in [1.807, 2.05) is 0 Å². The number of amides is 1. The van der Waals surface area contributed by atoms with Crippen LogP contribution < -0.4 is 11.1 Å². The van der Waals surface area contributed by atoms with Crippen molar-refractivity contribution in [2.75, 3.05) is 13.1 Å². The SMILES string of the molecule is CC1CCCC(CNC(=O)C2(CN)CCCC2)C1. The second-order valence-corrected chi connectivity index (χ2v) is 6.54. The van der Waals surface area contributed by atoms with Crippen molar-refractivity contribution >= 4 is 5.91 Å². The van der Waals surface area contributed by atoms with E-state index in [4.69, 9.17) is 5.73 Å². The lowest BCUT2D eigenvalue weighted by atomic mass is 9.81. The molecule has 0 aromatic rings. The van der Waals surface area contributed by atoms with Gasteiger partial charge in [0.2, 0.25) is 5.91 Å². The van der Waals surface area contributed by atoms with Crippen LogP contribution in [0.1, 0.15) is 58.3 Å². The molecular formula is C15H28N2O. The number of nitrogens with one attached hydrogen (secondary N) is 1. The van der Waals surface area contributed by atoms with Crippen molar-refractivity contribution in [1.29, 1.82) is 0 Å². The first kappa shape index (κ1) is 13.9. The maximum absolute atomic E-state index is 12.3. The average molecular weight is 252 g/mol. The molecule has 3 N–H and O–H groups in total. The van der Waals surface area contributed by atoms with E-state index < -0.39 is 0 Å². The van der Waals surface area contributed by atoms with E-state index in [-0.39, 0.29) is 11.3 Å². The third-order valence-corrected chi connectivity index (χ3v) is 5.03. The number of carbonyl (C=O) groups is 1. The highest BCUT2D eigenvalue weighted by atomic mass is 16.2. The molecule has 0 heterocycles. The van der Waals surface area contributed by atoms with E-state index in [0.717, 1.165) is 38.1 Å². The summed E-state index contributed by atoms with van der Waals surface area (Å²) in [6, 6.07) is 0. The standard InChI is InChI=1S/C15H28N2O/c1-12-5-4-6-13(9-12)10-17-14(18)15(11-16)7-2-3-8-15/h12-13H,2-11,16H2,1H3,(H,17,18). The van der Waals surface area contributed by atoms with E-state index in [9.17, 15) is 4.79 Å². The van der Waals surface area contributed by atoms with E-state index in [2.05, 4.69) is 12.2 Å². The Balaban J connectivity index is 1.80. The molecule has 18 heavy (non-hydrogen) atoms. The van der Waals surface area contributed by atoms with Crippen LogP contribution in [0, 0.1) is 17.3 Å². The van der Waals surface area contributed by atoms with Crippen LogP contribution in [0.5, 0.6) is 0 Å². The Hall–Kier alpha value is -0.570. The van der Waals surface area contributed by atoms with Gasteiger partial charge in [0.25, 0.3) is 0 Å². The number of hydrogen-bond acceptors (Lipinski definition) is 2. The van der Waals surface area contributed by atoms with Crippen molar-refractivity contribution in [3.8, 4) is 0 Å². The second-order valence-electron chi connectivity index (χ2n) is 6.54. The predicted molar refractivity (Wildman–Crippen MR) is 74.1 cm³/mol. The van der Waals surface area contributed by atoms with Crippen LogP contribution in [0.3, 0.4) is 0 Å². The van der Waals surface area contributed by atoms with Crippen LogP contribution in [-0.4, -0.2) is 19.0 Å². The molecule has 2 atom stereocenters. The lowest BCUT2D eigenvalue weighted by Crippen LogP contribution is -2.45. The van der Waals surface area contributed by atoms with Gasteiger partial charge in [-0.2, -0.15) is 0 Å². The van der Waals surface area contributed by atoms with Crippen LogP contribution in [0.4, 0.5) is 0 Å². The predicted octanol–water partition coefficient (Wildman–Crippen LogP) is 2.45. The highest BCUT2D eigenvalue weighted by Gasteiger charge is 2.39. The number of rotatable bonds is 4. The summed E-state index contributed by atoms with van der Waals surface area (Å²) >= 11 is 0. The quantitative estimate of drug-likeness (QED) is 0.807. The van der Waals surface area contributed by atoms with Crippen molar-refractivity contribution in [3.05, 3.63) is 0 Å². The summed E-state index contributed by atoms with van der Waals surface area (Å²) in [6.45, 7) is 3.71. The van der Waals surface area contributed by atoms with Crippen molar-refractivity contribution < 1.29 is 4.79 Å². The zero-order chi connectivity index (χ0) is 13.0. The Morgan fingerprint density at radius 1 is 1.28 bits per heavy atom. The lowest BCUT2D eigenvalue weighted by Gasteiger charge is -2.30. The maximum atomic E-state index is 12.3. The minimum Gasteiger partial charge on any atom is -0.355 e. The van der Waals surface area contributed by atoms with Gasteiger partial charge in [-0.05, 0) is 37.5 Å². The molecule has 0 radical (unpaired) electrons. The molecule has 2 aliphatic carbocycles. The molecule has 0 saturated heterocycles. The Bertz CT molecular complexity index is 284. The largest absolute Gasteiger partial charge is 0.355 e. The van der Waals surface area contributed by atoms with Crippen molar-refractivity contribution in [3.63, 3.8) is 0 Å². The average Bonchev–Trinajstić information content (AvgIpc) is 2.86. The molecule has 0 aliphatic heterocycles. The zero-order valence-corrected chi connectivity index (χ0v) is 11.7. The van der Waals surface area contributed by atoms with Gasteiger partial charge in [0, 0.05) is 13.1 Å². The summed E-state index contributed by atoms with van der Waals surface area (Å²) in [6.07, 6.45) is 9.51. The molecule has 1 amide bonds. The van der Waals surface area contributed by atoms with Gasteiger partial charge in [-0.3, -0.25) is 4.79 Å². The number of nitrogens with two attached hydrogens (primary N) is 1. The van der Waals surface area contributed by atoms with Crippen molar-refractivity contribution in [1.82, 2.24) is 5.32 Å². The molecule has 3 nitrogen and oxygen atoms in total. The molecule has 3 heteroatoms. The van der Waals surface area contributed by atoms with Gasteiger partial charge in [0.1, 0.15) is 0 Å². The molecule has 104 valence electrons. The molecule has 2 fully saturated rings. The van der Waals surface area contributed by atoms with Gasteiger partial charge in [-0.25, -0.2) is 0 Å². The Morgan fingerprint density at radius 3 is 2.61 bits per heavy atom. The lowest BCUT2D eigenvalue weighted by molar-refractivity contribution is -0.130. The molecule has 2 rings (SSSR count).